The van der Waals surface area contributed by atoms with E-state index in [-0.39, 0.29) is 5.91 Å². The molecule has 2 N–H and O–H groups in total. The maximum atomic E-state index is 12.3. The third-order valence-corrected chi connectivity index (χ3v) is 4.13. The lowest BCUT2D eigenvalue weighted by Crippen LogP contribution is -2.13. The van der Waals surface area contributed by atoms with Crippen LogP contribution >= 0.6 is 11.6 Å². The van der Waals surface area contributed by atoms with E-state index in [1.54, 1.807) is 43.6 Å². The molecule has 5 nitrogen and oxygen atoms in total. The van der Waals surface area contributed by atoms with Gasteiger partial charge in [0, 0.05) is 11.3 Å². The van der Waals surface area contributed by atoms with Crippen LogP contribution in [0, 0.1) is 6.92 Å². The van der Waals surface area contributed by atoms with Gasteiger partial charge in [0.25, 0.3) is 5.91 Å². The van der Waals surface area contributed by atoms with Gasteiger partial charge < -0.3 is 15.4 Å². The van der Waals surface area contributed by atoms with Crippen LogP contribution in [0.2, 0.25) is 5.02 Å². The average Bonchev–Trinajstić information content (AvgIpc) is 2.64. The number of benzene rings is 2. The molecule has 1 aromatic heterocycles. The fourth-order valence-electron chi connectivity index (χ4n) is 2.46. The lowest BCUT2D eigenvalue weighted by atomic mass is 10.1. The van der Waals surface area contributed by atoms with Crippen molar-refractivity contribution in [3.05, 3.63) is 76.9 Å². The highest BCUT2D eigenvalue weighted by Gasteiger charge is 2.09. The van der Waals surface area contributed by atoms with Crippen molar-refractivity contribution in [1.29, 1.82) is 0 Å². The molecular formula is C20H18ClN3O2. The zero-order valence-electron chi connectivity index (χ0n) is 14.4. The molecule has 26 heavy (non-hydrogen) atoms. The molecule has 0 radical (unpaired) electrons. The Morgan fingerprint density at radius 3 is 2.50 bits per heavy atom. The molecule has 132 valence electrons. The first-order chi connectivity index (χ1) is 12.6. The second-order valence-electron chi connectivity index (χ2n) is 5.68. The van der Waals surface area contributed by atoms with E-state index < -0.39 is 0 Å². The van der Waals surface area contributed by atoms with Crippen LogP contribution in [0.4, 0.5) is 17.2 Å². The highest BCUT2D eigenvalue weighted by atomic mass is 35.5. The van der Waals surface area contributed by atoms with Crippen molar-refractivity contribution in [3.8, 4) is 5.75 Å². The van der Waals surface area contributed by atoms with Crippen molar-refractivity contribution in [1.82, 2.24) is 4.98 Å². The van der Waals surface area contributed by atoms with Gasteiger partial charge in [0.05, 0.1) is 24.0 Å². The summed E-state index contributed by atoms with van der Waals surface area (Å²) in [5.41, 5.74) is 2.98. The number of nitrogens with zero attached hydrogens (tertiary/aromatic N) is 1. The predicted octanol–water partition coefficient (Wildman–Crippen LogP) is 5.05. The van der Waals surface area contributed by atoms with Crippen molar-refractivity contribution >= 4 is 34.7 Å². The number of aromatic nitrogens is 1. The van der Waals surface area contributed by atoms with Gasteiger partial charge in [-0.15, -0.1) is 0 Å². The zero-order chi connectivity index (χ0) is 18.5. The Bertz CT molecular complexity index is 927. The van der Waals surface area contributed by atoms with E-state index in [0.29, 0.717) is 27.8 Å². The van der Waals surface area contributed by atoms with Gasteiger partial charge >= 0.3 is 0 Å². The zero-order valence-corrected chi connectivity index (χ0v) is 15.2. The normalized spacial score (nSPS) is 10.3. The number of ether oxygens (including phenoxy) is 1. The van der Waals surface area contributed by atoms with Crippen LogP contribution in [0.1, 0.15) is 15.9 Å². The molecule has 0 spiro atoms. The van der Waals surface area contributed by atoms with E-state index in [4.69, 9.17) is 16.3 Å². The number of carbonyl (C=O) groups is 1. The van der Waals surface area contributed by atoms with E-state index in [1.807, 2.05) is 31.2 Å². The summed E-state index contributed by atoms with van der Waals surface area (Å²) >= 11 is 6.12. The molecule has 0 saturated heterocycles. The quantitative estimate of drug-likeness (QED) is 0.662. The molecule has 0 fully saturated rings. The highest BCUT2D eigenvalue weighted by molar-refractivity contribution is 6.32. The van der Waals surface area contributed by atoms with Gasteiger partial charge in [-0.25, -0.2) is 4.98 Å². The number of pyridine rings is 1. The third-order valence-electron chi connectivity index (χ3n) is 3.84. The highest BCUT2D eigenvalue weighted by Crippen LogP contribution is 2.28. The van der Waals surface area contributed by atoms with Gasteiger partial charge in [-0.2, -0.15) is 0 Å². The van der Waals surface area contributed by atoms with E-state index >= 15 is 0 Å². The van der Waals surface area contributed by atoms with Gasteiger partial charge in [-0.1, -0.05) is 29.8 Å². The Hall–Kier alpha value is -3.05. The summed E-state index contributed by atoms with van der Waals surface area (Å²) in [4.78, 5) is 16.6. The van der Waals surface area contributed by atoms with Crippen LogP contribution in [-0.4, -0.2) is 18.0 Å². The summed E-state index contributed by atoms with van der Waals surface area (Å²) in [7, 11) is 1.57. The Kier molecular flexibility index (Phi) is 5.39. The number of nitrogens with one attached hydrogen (secondary N) is 2. The molecule has 6 heteroatoms. The van der Waals surface area contributed by atoms with Gasteiger partial charge in [0.15, 0.2) is 0 Å². The monoisotopic (exact) mass is 367 g/mol. The Morgan fingerprint density at radius 2 is 1.85 bits per heavy atom. The molecule has 0 saturated carbocycles. The number of hydrogen-bond acceptors (Lipinski definition) is 4. The van der Waals surface area contributed by atoms with Crippen molar-refractivity contribution in [2.24, 2.45) is 0 Å². The molecule has 0 aliphatic heterocycles. The van der Waals surface area contributed by atoms with Crippen molar-refractivity contribution in [3.63, 3.8) is 0 Å². The minimum atomic E-state index is -0.160. The number of rotatable bonds is 5. The first-order valence-electron chi connectivity index (χ1n) is 8.00. The lowest BCUT2D eigenvalue weighted by Gasteiger charge is -2.10. The van der Waals surface area contributed by atoms with E-state index in [2.05, 4.69) is 15.6 Å². The summed E-state index contributed by atoms with van der Waals surface area (Å²) in [5.74, 6) is 1.09. The number of methoxy groups -OCH3 is 1. The number of anilines is 3. The largest absolute Gasteiger partial charge is 0.495 e. The van der Waals surface area contributed by atoms with Gasteiger partial charge in [-0.05, 0) is 48.9 Å². The molecule has 3 rings (SSSR count). The van der Waals surface area contributed by atoms with Gasteiger partial charge in [0.2, 0.25) is 0 Å². The van der Waals surface area contributed by atoms with Crippen LogP contribution in [0.15, 0.2) is 60.8 Å². The number of hydrogen-bond donors (Lipinski definition) is 2. The van der Waals surface area contributed by atoms with Crippen LogP contribution in [-0.2, 0) is 0 Å². The minimum absolute atomic E-state index is 0.160. The Balaban J connectivity index is 1.68. The van der Waals surface area contributed by atoms with Gasteiger partial charge in [-0.3, -0.25) is 4.79 Å². The Labute approximate surface area is 157 Å². The van der Waals surface area contributed by atoms with Crippen LogP contribution in [0.3, 0.4) is 0 Å². The second-order valence-corrected chi connectivity index (χ2v) is 6.08. The lowest BCUT2D eigenvalue weighted by molar-refractivity contribution is 0.102. The summed E-state index contributed by atoms with van der Waals surface area (Å²) in [6, 6.07) is 16.4. The summed E-state index contributed by atoms with van der Waals surface area (Å²) in [5, 5.41) is 6.51. The number of carbonyl (C=O) groups excluding carboxylic acids is 1. The summed E-state index contributed by atoms with van der Waals surface area (Å²) < 4.78 is 5.13. The van der Waals surface area contributed by atoms with Crippen molar-refractivity contribution in [2.45, 2.75) is 6.92 Å². The molecule has 0 bridgehead atoms. The van der Waals surface area contributed by atoms with Crippen molar-refractivity contribution in [2.75, 3.05) is 17.7 Å². The summed E-state index contributed by atoms with van der Waals surface area (Å²) in [6.45, 7) is 1.90. The number of halogens is 1. The molecule has 1 heterocycles. The summed E-state index contributed by atoms with van der Waals surface area (Å²) in [6.07, 6.45) is 1.60. The van der Waals surface area contributed by atoms with E-state index in [9.17, 15) is 4.79 Å². The smallest absolute Gasteiger partial charge is 0.255 e. The molecule has 3 aromatic rings. The van der Waals surface area contributed by atoms with Crippen LogP contribution < -0.4 is 15.4 Å². The maximum Gasteiger partial charge on any atom is 0.255 e. The second kappa shape index (κ2) is 7.89. The average molecular weight is 368 g/mol. The molecule has 1 amide bonds. The molecule has 0 atom stereocenters. The topological polar surface area (TPSA) is 63.2 Å². The fraction of sp³-hybridized carbons (Fsp3) is 0.100. The molecule has 0 aliphatic carbocycles. The first-order valence-corrected chi connectivity index (χ1v) is 8.38. The van der Waals surface area contributed by atoms with E-state index in [1.165, 1.54) is 0 Å². The van der Waals surface area contributed by atoms with Crippen molar-refractivity contribution < 1.29 is 9.53 Å². The molecule has 0 unspecified atom stereocenters. The fourth-order valence-corrected chi connectivity index (χ4v) is 2.72. The molecule has 2 aromatic carbocycles. The minimum Gasteiger partial charge on any atom is -0.495 e. The third kappa shape index (κ3) is 4.13. The van der Waals surface area contributed by atoms with Crippen LogP contribution in [0.5, 0.6) is 5.75 Å². The standard InChI is InChI=1S/C20H18ClN3O2/c1-13-5-3-4-6-16(13)20(25)24-15-8-10-19(22-12-15)23-14-7-9-18(26-2)17(21)11-14/h3-12H,1-2H3,(H,22,23)(H,24,25). The van der Waals surface area contributed by atoms with Gasteiger partial charge in [0.1, 0.15) is 11.6 Å². The molecule has 0 aliphatic rings. The number of amides is 1. The molecular weight excluding hydrogens is 350 g/mol. The maximum absolute atomic E-state index is 12.3. The number of aryl methyl sites for hydroxylation is 1. The SMILES string of the molecule is COc1ccc(Nc2ccc(NC(=O)c3ccccc3C)cn2)cc1Cl. The Morgan fingerprint density at radius 1 is 1.08 bits per heavy atom. The first kappa shape index (κ1) is 17.8. The van der Waals surface area contributed by atoms with Crippen LogP contribution in [0.25, 0.3) is 0 Å². The predicted molar refractivity (Wildman–Crippen MR) is 105 cm³/mol. The van der Waals surface area contributed by atoms with E-state index in [0.717, 1.165) is 11.3 Å².